The smallest absolute Gasteiger partial charge is 0.242 e. The van der Waals surface area contributed by atoms with Crippen LogP contribution in [0.3, 0.4) is 0 Å². The first-order chi connectivity index (χ1) is 9.92. The third kappa shape index (κ3) is 4.17. The third-order valence-electron chi connectivity index (χ3n) is 3.75. The van der Waals surface area contributed by atoms with E-state index in [1.54, 1.807) is 0 Å². The standard InChI is InChI=1S/C14H18ClN3O2S/c1-18-6-4-11(5-7-18)10-17-21(19,20)14-3-2-12(9-16)8-13(14)15/h2-3,8,11,17H,4-7,10H2,1H3. The summed E-state index contributed by atoms with van der Waals surface area (Å²) in [7, 11) is -1.57. The molecule has 0 atom stereocenters. The molecule has 0 radical (unpaired) electrons. The van der Waals surface area contributed by atoms with E-state index in [4.69, 9.17) is 16.9 Å². The molecule has 0 aliphatic carbocycles. The van der Waals surface area contributed by atoms with Crippen LogP contribution in [0.25, 0.3) is 0 Å². The molecule has 0 bridgehead atoms. The highest BCUT2D eigenvalue weighted by Gasteiger charge is 2.22. The number of sulfonamides is 1. The minimum atomic E-state index is -3.63. The third-order valence-corrected chi connectivity index (χ3v) is 5.66. The Bertz CT molecular complexity index is 647. The predicted molar refractivity (Wildman–Crippen MR) is 81.6 cm³/mol. The second-order valence-corrected chi connectivity index (χ2v) is 7.50. The number of hydrogen-bond donors (Lipinski definition) is 1. The summed E-state index contributed by atoms with van der Waals surface area (Å²) in [6.07, 6.45) is 1.97. The normalized spacial score (nSPS) is 17.6. The largest absolute Gasteiger partial charge is 0.306 e. The fraction of sp³-hybridized carbons (Fsp3) is 0.500. The highest BCUT2D eigenvalue weighted by atomic mass is 35.5. The molecule has 0 saturated carbocycles. The van der Waals surface area contributed by atoms with E-state index >= 15 is 0 Å². The minimum absolute atomic E-state index is 0.0242. The minimum Gasteiger partial charge on any atom is -0.306 e. The molecule has 0 spiro atoms. The van der Waals surface area contributed by atoms with Crippen LogP contribution in [0.5, 0.6) is 0 Å². The molecule has 5 nitrogen and oxygen atoms in total. The lowest BCUT2D eigenvalue weighted by molar-refractivity contribution is 0.220. The van der Waals surface area contributed by atoms with E-state index in [2.05, 4.69) is 16.7 Å². The monoisotopic (exact) mass is 327 g/mol. The van der Waals surface area contributed by atoms with Gasteiger partial charge in [-0.1, -0.05) is 11.6 Å². The number of nitrogens with zero attached hydrogens (tertiary/aromatic N) is 2. The molecule has 21 heavy (non-hydrogen) atoms. The lowest BCUT2D eigenvalue weighted by Gasteiger charge is -2.28. The molecule has 1 aromatic rings. The van der Waals surface area contributed by atoms with Crippen molar-refractivity contribution in [3.8, 4) is 6.07 Å². The average molecular weight is 328 g/mol. The van der Waals surface area contributed by atoms with E-state index in [-0.39, 0.29) is 9.92 Å². The topological polar surface area (TPSA) is 73.2 Å². The van der Waals surface area contributed by atoms with Crippen molar-refractivity contribution in [2.24, 2.45) is 5.92 Å². The Morgan fingerprint density at radius 1 is 1.43 bits per heavy atom. The van der Waals surface area contributed by atoms with Gasteiger partial charge in [0.2, 0.25) is 10.0 Å². The molecule has 114 valence electrons. The molecule has 1 saturated heterocycles. The highest BCUT2D eigenvalue weighted by Crippen LogP contribution is 2.23. The second-order valence-electron chi connectivity index (χ2n) is 5.36. The van der Waals surface area contributed by atoms with E-state index in [1.807, 2.05) is 6.07 Å². The van der Waals surface area contributed by atoms with Crippen molar-refractivity contribution in [1.82, 2.24) is 9.62 Å². The maximum atomic E-state index is 12.3. The maximum absolute atomic E-state index is 12.3. The van der Waals surface area contributed by atoms with Crippen LogP contribution in [-0.4, -0.2) is 40.0 Å². The van der Waals surface area contributed by atoms with E-state index in [0.29, 0.717) is 18.0 Å². The van der Waals surface area contributed by atoms with Gasteiger partial charge in [-0.05, 0) is 57.1 Å². The van der Waals surface area contributed by atoms with Crippen LogP contribution < -0.4 is 4.72 Å². The predicted octanol–water partition coefficient (Wildman–Crippen LogP) is 1.83. The summed E-state index contributed by atoms with van der Waals surface area (Å²) in [5.41, 5.74) is 0.342. The van der Waals surface area contributed by atoms with Crippen LogP contribution >= 0.6 is 11.6 Å². The van der Waals surface area contributed by atoms with Gasteiger partial charge in [0.1, 0.15) is 4.90 Å². The molecule has 0 amide bonds. The summed E-state index contributed by atoms with van der Waals surface area (Å²) in [4.78, 5) is 2.26. The number of rotatable bonds is 4. The molecule has 7 heteroatoms. The van der Waals surface area contributed by atoms with Gasteiger partial charge >= 0.3 is 0 Å². The van der Waals surface area contributed by atoms with Gasteiger partial charge in [-0.15, -0.1) is 0 Å². The number of piperidine rings is 1. The molecule has 1 aromatic carbocycles. The molecular formula is C14H18ClN3O2S. The Morgan fingerprint density at radius 2 is 2.10 bits per heavy atom. The second kappa shape index (κ2) is 6.75. The van der Waals surface area contributed by atoms with Crippen molar-refractivity contribution in [2.75, 3.05) is 26.7 Å². The Morgan fingerprint density at radius 3 is 2.67 bits per heavy atom. The van der Waals surface area contributed by atoms with Gasteiger partial charge in [0.15, 0.2) is 0 Å². The first-order valence-corrected chi connectivity index (χ1v) is 8.66. The zero-order chi connectivity index (χ0) is 15.5. The summed E-state index contributed by atoms with van der Waals surface area (Å²) in [5, 5.41) is 8.85. The number of likely N-dealkylation sites (tertiary alicyclic amines) is 1. The van der Waals surface area contributed by atoms with Crippen molar-refractivity contribution >= 4 is 21.6 Å². The van der Waals surface area contributed by atoms with Gasteiger partial charge in [-0.3, -0.25) is 0 Å². The van der Waals surface area contributed by atoms with E-state index in [0.717, 1.165) is 25.9 Å². The lowest BCUT2D eigenvalue weighted by atomic mass is 9.98. The van der Waals surface area contributed by atoms with Crippen molar-refractivity contribution < 1.29 is 8.42 Å². The molecule has 1 N–H and O–H groups in total. The molecule has 1 aliphatic heterocycles. The van der Waals surface area contributed by atoms with Crippen LogP contribution in [-0.2, 0) is 10.0 Å². The Labute approximate surface area is 130 Å². The summed E-state index contributed by atoms with van der Waals surface area (Å²) in [5.74, 6) is 0.355. The van der Waals surface area contributed by atoms with Crippen LogP contribution in [0.15, 0.2) is 23.1 Å². The fourth-order valence-corrected chi connectivity index (χ4v) is 4.02. The number of nitrogens with one attached hydrogen (secondary N) is 1. The van der Waals surface area contributed by atoms with Gasteiger partial charge in [0.05, 0.1) is 16.7 Å². The van der Waals surface area contributed by atoms with Crippen LogP contribution in [0.2, 0.25) is 5.02 Å². The number of nitriles is 1. The van der Waals surface area contributed by atoms with Crippen molar-refractivity contribution in [2.45, 2.75) is 17.7 Å². The SMILES string of the molecule is CN1CCC(CNS(=O)(=O)c2ccc(C#N)cc2Cl)CC1. The van der Waals surface area contributed by atoms with Crippen molar-refractivity contribution in [3.63, 3.8) is 0 Å². The Balaban J connectivity index is 2.03. The molecule has 0 aromatic heterocycles. The number of hydrogen-bond acceptors (Lipinski definition) is 4. The summed E-state index contributed by atoms with van der Waals surface area (Å²) < 4.78 is 27.2. The summed E-state index contributed by atoms with van der Waals surface area (Å²) in [6, 6.07) is 6.12. The molecular weight excluding hydrogens is 310 g/mol. The molecule has 1 heterocycles. The van der Waals surface area contributed by atoms with Gasteiger partial charge in [-0.2, -0.15) is 5.26 Å². The first-order valence-electron chi connectivity index (χ1n) is 6.80. The lowest BCUT2D eigenvalue weighted by Crippen LogP contribution is -2.36. The molecule has 2 rings (SSSR count). The maximum Gasteiger partial charge on any atom is 0.242 e. The number of halogens is 1. The highest BCUT2D eigenvalue weighted by molar-refractivity contribution is 7.89. The quantitative estimate of drug-likeness (QED) is 0.915. The molecule has 1 aliphatic rings. The fourth-order valence-electron chi connectivity index (χ4n) is 2.36. The zero-order valence-corrected chi connectivity index (χ0v) is 13.4. The summed E-state index contributed by atoms with van der Waals surface area (Å²) in [6.45, 7) is 2.40. The Kier molecular flexibility index (Phi) is 5.22. The van der Waals surface area contributed by atoms with Gasteiger partial charge in [0.25, 0.3) is 0 Å². The van der Waals surface area contributed by atoms with Gasteiger partial charge < -0.3 is 4.90 Å². The zero-order valence-electron chi connectivity index (χ0n) is 11.8. The van der Waals surface area contributed by atoms with Crippen LogP contribution in [0, 0.1) is 17.2 Å². The Hall–Kier alpha value is -1.13. The van der Waals surface area contributed by atoms with E-state index in [9.17, 15) is 8.42 Å². The van der Waals surface area contributed by atoms with Crippen LogP contribution in [0.4, 0.5) is 0 Å². The number of benzene rings is 1. The van der Waals surface area contributed by atoms with Gasteiger partial charge in [0, 0.05) is 6.54 Å². The van der Waals surface area contributed by atoms with E-state index in [1.165, 1.54) is 18.2 Å². The van der Waals surface area contributed by atoms with Crippen LogP contribution in [0.1, 0.15) is 18.4 Å². The molecule has 0 unspecified atom stereocenters. The van der Waals surface area contributed by atoms with Crippen molar-refractivity contribution in [1.29, 1.82) is 5.26 Å². The average Bonchev–Trinajstić information content (AvgIpc) is 2.46. The first kappa shape index (κ1) is 16.2. The van der Waals surface area contributed by atoms with E-state index < -0.39 is 10.0 Å². The molecule has 1 fully saturated rings. The van der Waals surface area contributed by atoms with Gasteiger partial charge in [-0.25, -0.2) is 13.1 Å². The van der Waals surface area contributed by atoms with Crippen molar-refractivity contribution in [3.05, 3.63) is 28.8 Å². The summed E-state index contributed by atoms with van der Waals surface area (Å²) >= 11 is 5.96.